The third-order valence-electron chi connectivity index (χ3n) is 16.3. The van der Waals surface area contributed by atoms with Crippen molar-refractivity contribution in [2.45, 2.75) is 224 Å². The topological polar surface area (TPSA) is 251 Å². The van der Waals surface area contributed by atoms with E-state index in [1.807, 2.05) is 24.3 Å². The summed E-state index contributed by atoms with van der Waals surface area (Å²) in [5.74, 6) is -8.54. The second kappa shape index (κ2) is 30.6. The largest absolute Gasteiger partial charge is 0.478 e. The van der Waals surface area contributed by atoms with E-state index in [0.717, 1.165) is 63.5 Å². The van der Waals surface area contributed by atoms with Gasteiger partial charge in [0.05, 0.1) is 0 Å². The number of esters is 4. The molecule has 1 saturated carbocycles. The van der Waals surface area contributed by atoms with Gasteiger partial charge in [-0.05, 0) is 147 Å². The van der Waals surface area contributed by atoms with Gasteiger partial charge in [-0.2, -0.15) is 0 Å². The summed E-state index contributed by atoms with van der Waals surface area (Å²) in [6, 6.07) is 9.73. The third kappa shape index (κ3) is 20.7. The van der Waals surface area contributed by atoms with Gasteiger partial charge in [0.25, 0.3) is 17.7 Å². The van der Waals surface area contributed by atoms with Gasteiger partial charge < -0.3 is 53.0 Å². The molecule has 2 saturated heterocycles. The van der Waals surface area contributed by atoms with Gasteiger partial charge in [0.2, 0.25) is 6.10 Å². The number of likely N-dealkylation sites (N-methyl/N-ethyl adjacent to an activating group) is 4. The number of benzene rings is 2. The third-order valence-corrected chi connectivity index (χ3v) is 16.3. The van der Waals surface area contributed by atoms with Crippen LogP contribution in [0.1, 0.15) is 168 Å². The van der Waals surface area contributed by atoms with E-state index in [-0.39, 0.29) is 49.9 Å². The Morgan fingerprint density at radius 3 is 1.31 bits per heavy atom. The normalized spacial score (nSPS) is 18.0. The van der Waals surface area contributed by atoms with E-state index >= 15 is 13.6 Å². The molecule has 21 nitrogen and oxygen atoms in total. The lowest BCUT2D eigenvalue weighted by atomic mass is 9.90. The summed E-state index contributed by atoms with van der Waals surface area (Å²) in [7, 11) is 5.02. The van der Waals surface area contributed by atoms with Crippen LogP contribution in [0.4, 0.5) is 13.6 Å². The Balaban J connectivity index is 1.38. The monoisotopic (exact) mass is 1240 g/mol. The van der Waals surface area contributed by atoms with Crippen LogP contribution < -0.4 is 0 Å². The van der Waals surface area contributed by atoms with Crippen LogP contribution in [0.5, 0.6) is 0 Å². The molecular formula is C65H94F2N4O17. The first-order valence-electron chi connectivity index (χ1n) is 30.4. The van der Waals surface area contributed by atoms with Crippen LogP contribution >= 0.6 is 0 Å². The first-order valence-corrected chi connectivity index (χ1v) is 30.4. The molecule has 4 amide bonds. The standard InChI is InChI=1S/C65H94F2N4O17/c1-39(2)34-48(57(77)84-40(3)53(72)69(13)50(38-64(10,11)67)59(79)87-52(56(75)76)36-43-18-22-45(23-19-43)47-26-32-83-33-27-47)68(12)55(74)51(35-42-16-20-44(21-17-42)46-24-30-82-31-25-46)86-58(78)49(37-63(8,9)66)70(14)54(73)41(4)85-60(80)65(28-29-65)71(15)61(81)88-62(5,6)7/h16-23,39-41,46-52H,24-38H2,1-15H3,(H,75,76)/t40-,41-,48+,49+,50+,51-,52-/m1/s1. The van der Waals surface area contributed by atoms with Crippen LogP contribution in [0.2, 0.25) is 0 Å². The van der Waals surface area contributed by atoms with Crippen molar-refractivity contribution in [3.63, 3.8) is 0 Å². The Morgan fingerprint density at radius 1 is 0.557 bits per heavy atom. The zero-order valence-electron chi connectivity index (χ0n) is 54.0. The Labute approximate surface area is 516 Å². The van der Waals surface area contributed by atoms with E-state index < -0.39 is 132 Å². The molecule has 0 radical (unpaired) electrons. The minimum Gasteiger partial charge on any atom is -0.478 e. The van der Waals surface area contributed by atoms with Crippen molar-refractivity contribution in [2.75, 3.05) is 54.6 Å². The molecule has 490 valence electrons. The first kappa shape index (κ1) is 72.0. The molecule has 7 atom stereocenters. The number of nitrogens with zero attached hydrogens (tertiary/aromatic N) is 4. The second-order valence-corrected chi connectivity index (χ2v) is 26.4. The van der Waals surface area contributed by atoms with Gasteiger partial charge in [-0.3, -0.25) is 19.3 Å². The lowest BCUT2D eigenvalue weighted by molar-refractivity contribution is -0.175. The highest BCUT2D eigenvalue weighted by Crippen LogP contribution is 2.43. The second-order valence-electron chi connectivity index (χ2n) is 26.4. The summed E-state index contributed by atoms with van der Waals surface area (Å²) in [4.78, 5) is 130. The van der Waals surface area contributed by atoms with Gasteiger partial charge in [0.1, 0.15) is 40.6 Å². The lowest BCUT2D eigenvalue weighted by Crippen LogP contribution is -2.54. The van der Waals surface area contributed by atoms with Crippen molar-refractivity contribution >= 4 is 53.7 Å². The Bertz CT molecular complexity index is 2740. The van der Waals surface area contributed by atoms with Gasteiger partial charge in [0.15, 0.2) is 18.3 Å². The SMILES string of the molecule is CC(C)C[C@@H](C(=O)O[C@H](C)C(=O)N(C)[C@@H](CC(C)(C)F)C(=O)O[C@H](Cc1ccc(C2CCOCC2)cc1)C(=O)O)N(C)C(=O)[C@@H](Cc1ccc(C2CCOCC2)cc1)OC(=O)[C@H](CC(C)(C)F)N(C)C(=O)[C@@H](C)OC(=O)C1(N(C)C(=O)OC(C)(C)C)CC1. The highest BCUT2D eigenvalue weighted by atomic mass is 19.1. The number of rotatable bonds is 28. The van der Waals surface area contributed by atoms with E-state index in [9.17, 15) is 43.5 Å². The van der Waals surface area contributed by atoms with Crippen molar-refractivity contribution in [3.05, 3.63) is 70.8 Å². The Kier molecular flexibility index (Phi) is 25.1. The molecule has 3 aliphatic rings. The van der Waals surface area contributed by atoms with Crippen LogP contribution in [-0.2, 0) is 84.4 Å². The number of carboxylic acid groups (broad SMARTS) is 1. The Hall–Kier alpha value is -6.75. The number of hydrogen-bond donors (Lipinski definition) is 1. The van der Waals surface area contributed by atoms with Crippen LogP contribution in [0.25, 0.3) is 0 Å². The number of alkyl halides is 2. The molecule has 0 spiro atoms. The van der Waals surface area contributed by atoms with Crippen molar-refractivity contribution in [1.29, 1.82) is 0 Å². The zero-order chi connectivity index (χ0) is 65.8. The summed E-state index contributed by atoms with van der Waals surface area (Å²) in [5.41, 5.74) is -3.35. The number of carbonyl (C=O) groups excluding carboxylic acids is 8. The van der Waals surface area contributed by atoms with Crippen molar-refractivity contribution < 1.29 is 90.2 Å². The molecule has 2 aromatic rings. The fourth-order valence-electron chi connectivity index (χ4n) is 10.9. The van der Waals surface area contributed by atoms with Gasteiger partial charge in [0, 0.05) is 80.3 Å². The van der Waals surface area contributed by atoms with Crippen LogP contribution in [0.3, 0.4) is 0 Å². The average Bonchev–Trinajstić information content (AvgIpc) is 1.81. The van der Waals surface area contributed by atoms with E-state index in [4.69, 9.17) is 33.2 Å². The maximum absolute atomic E-state index is 15.8. The molecule has 0 bridgehead atoms. The number of ether oxygens (including phenoxy) is 7. The summed E-state index contributed by atoms with van der Waals surface area (Å²) >= 11 is 0. The van der Waals surface area contributed by atoms with Crippen LogP contribution in [0, 0.1) is 5.92 Å². The number of carbonyl (C=O) groups is 9. The fourth-order valence-corrected chi connectivity index (χ4v) is 10.9. The van der Waals surface area contributed by atoms with Crippen molar-refractivity contribution in [3.8, 4) is 0 Å². The molecule has 0 unspecified atom stereocenters. The molecule has 2 aliphatic heterocycles. The number of carboxylic acids is 1. The van der Waals surface area contributed by atoms with Gasteiger partial charge >= 0.3 is 35.9 Å². The van der Waals surface area contributed by atoms with Crippen LogP contribution in [0.15, 0.2) is 48.5 Å². The van der Waals surface area contributed by atoms with Crippen LogP contribution in [-0.4, -0.2) is 198 Å². The van der Waals surface area contributed by atoms with Gasteiger partial charge in [-0.15, -0.1) is 0 Å². The average molecular weight is 1240 g/mol. The molecule has 3 fully saturated rings. The van der Waals surface area contributed by atoms with Crippen molar-refractivity contribution in [1.82, 2.24) is 19.6 Å². The highest BCUT2D eigenvalue weighted by molar-refractivity contribution is 5.94. The molecule has 2 heterocycles. The highest BCUT2D eigenvalue weighted by Gasteiger charge is 2.58. The molecule has 1 N–H and O–H groups in total. The zero-order valence-corrected chi connectivity index (χ0v) is 54.0. The van der Waals surface area contributed by atoms with E-state index in [1.54, 1.807) is 58.9 Å². The number of aliphatic carboxylic acids is 1. The van der Waals surface area contributed by atoms with E-state index in [0.29, 0.717) is 37.6 Å². The number of halogens is 2. The van der Waals surface area contributed by atoms with E-state index in [2.05, 4.69) is 0 Å². The summed E-state index contributed by atoms with van der Waals surface area (Å²) < 4.78 is 70.8. The molecule has 1 aliphatic carbocycles. The van der Waals surface area contributed by atoms with Gasteiger partial charge in [-0.1, -0.05) is 62.4 Å². The number of hydrogen-bond acceptors (Lipinski definition) is 16. The maximum Gasteiger partial charge on any atom is 0.410 e. The smallest absolute Gasteiger partial charge is 0.410 e. The molecular weight excluding hydrogens is 1150 g/mol. The lowest BCUT2D eigenvalue weighted by Gasteiger charge is -2.35. The first-order chi connectivity index (χ1) is 40.9. The summed E-state index contributed by atoms with van der Waals surface area (Å²) in [6.07, 6.45) is -5.60. The summed E-state index contributed by atoms with van der Waals surface area (Å²) in [6.45, 7) is 18.1. The molecule has 88 heavy (non-hydrogen) atoms. The minimum atomic E-state index is -2.13. The maximum atomic E-state index is 15.8. The Morgan fingerprint density at radius 2 is 0.932 bits per heavy atom. The predicted octanol–water partition coefficient (Wildman–Crippen LogP) is 8.23. The molecule has 0 aromatic heterocycles. The number of amides is 4. The minimum absolute atomic E-state index is 0.0561. The van der Waals surface area contributed by atoms with E-state index in [1.165, 1.54) is 62.7 Å². The van der Waals surface area contributed by atoms with Crippen molar-refractivity contribution in [2.24, 2.45) is 5.92 Å². The molecule has 2 aromatic carbocycles. The predicted molar refractivity (Wildman–Crippen MR) is 319 cm³/mol. The summed E-state index contributed by atoms with van der Waals surface area (Å²) in [5, 5.41) is 10.2. The molecule has 5 rings (SSSR count). The van der Waals surface area contributed by atoms with Gasteiger partial charge in [-0.25, -0.2) is 37.5 Å². The quantitative estimate of drug-likeness (QED) is 0.0622. The molecule has 23 heteroatoms. The fraction of sp³-hybridized carbons (Fsp3) is 0.677.